The van der Waals surface area contributed by atoms with Crippen LogP contribution in [0.2, 0.25) is 5.02 Å². The Morgan fingerprint density at radius 3 is 2.76 bits per heavy atom. The number of ether oxygens (including phenoxy) is 1. The van der Waals surface area contributed by atoms with Gasteiger partial charge in [0, 0.05) is 6.07 Å². The van der Waals surface area contributed by atoms with Crippen LogP contribution in [0.3, 0.4) is 0 Å². The van der Waals surface area contributed by atoms with Crippen LogP contribution in [0, 0.1) is 6.92 Å². The molecule has 0 unspecified atom stereocenters. The van der Waals surface area contributed by atoms with E-state index in [9.17, 15) is 0 Å². The molecule has 0 saturated heterocycles. The second-order valence-corrected chi connectivity index (χ2v) is 4.31. The molecule has 2 aromatic rings. The lowest BCUT2D eigenvalue weighted by Gasteiger charge is -2.07. The van der Waals surface area contributed by atoms with Gasteiger partial charge in [-0.2, -0.15) is 0 Å². The number of hydrogen-bond acceptors (Lipinski definition) is 2. The van der Waals surface area contributed by atoms with E-state index in [4.69, 9.17) is 27.9 Å². The Bertz CT molecular complexity index is 529. The van der Waals surface area contributed by atoms with Crippen LogP contribution in [0.25, 0.3) is 0 Å². The first-order chi connectivity index (χ1) is 8.19. The lowest BCUT2D eigenvalue weighted by molar-refractivity contribution is 0.461. The van der Waals surface area contributed by atoms with E-state index in [-0.39, 0.29) is 0 Å². The summed E-state index contributed by atoms with van der Waals surface area (Å²) in [6.07, 6.45) is 0. The van der Waals surface area contributed by atoms with Gasteiger partial charge < -0.3 is 4.74 Å². The molecule has 0 bridgehead atoms. The Balaban J connectivity index is 2.25. The predicted molar refractivity (Wildman–Crippen MR) is 70.1 cm³/mol. The van der Waals surface area contributed by atoms with Gasteiger partial charge in [0.1, 0.15) is 5.75 Å². The largest absolute Gasteiger partial charge is 0.437 e. The number of halogens is 2. The Hall–Kier alpha value is -1.25. The summed E-state index contributed by atoms with van der Waals surface area (Å²) < 4.78 is 5.60. The van der Waals surface area contributed by atoms with E-state index in [0.717, 1.165) is 11.3 Å². The highest BCUT2D eigenvalue weighted by Crippen LogP contribution is 2.29. The van der Waals surface area contributed by atoms with Crippen LogP contribution in [-0.2, 0) is 5.88 Å². The van der Waals surface area contributed by atoms with Gasteiger partial charge in [0.2, 0.25) is 5.88 Å². The van der Waals surface area contributed by atoms with Crippen molar-refractivity contribution >= 4 is 23.2 Å². The third-order valence-electron chi connectivity index (χ3n) is 2.22. The van der Waals surface area contributed by atoms with Gasteiger partial charge >= 0.3 is 0 Å². The van der Waals surface area contributed by atoms with Crippen molar-refractivity contribution in [1.82, 2.24) is 4.98 Å². The predicted octanol–water partition coefficient (Wildman–Crippen LogP) is 4.57. The van der Waals surface area contributed by atoms with Crippen LogP contribution in [0.1, 0.15) is 11.3 Å². The Morgan fingerprint density at radius 1 is 1.24 bits per heavy atom. The van der Waals surface area contributed by atoms with Gasteiger partial charge in [-0.25, -0.2) is 4.98 Å². The third kappa shape index (κ3) is 3.11. The van der Waals surface area contributed by atoms with Gasteiger partial charge in [-0.05, 0) is 30.7 Å². The average Bonchev–Trinajstić information content (AvgIpc) is 2.33. The topological polar surface area (TPSA) is 22.1 Å². The van der Waals surface area contributed by atoms with E-state index >= 15 is 0 Å². The Labute approximate surface area is 110 Å². The van der Waals surface area contributed by atoms with Gasteiger partial charge in [0.05, 0.1) is 16.6 Å². The Morgan fingerprint density at radius 2 is 2.06 bits per heavy atom. The van der Waals surface area contributed by atoms with E-state index in [1.807, 2.05) is 37.3 Å². The molecule has 1 heterocycles. The van der Waals surface area contributed by atoms with Gasteiger partial charge in [0.15, 0.2) is 0 Å². The van der Waals surface area contributed by atoms with Gasteiger partial charge in [-0.15, -0.1) is 11.6 Å². The SMILES string of the molecule is Cc1ccc(Oc2cccc(CCl)n2)c(Cl)c1. The molecule has 1 aromatic heterocycles. The molecule has 88 valence electrons. The minimum absolute atomic E-state index is 0.360. The van der Waals surface area contributed by atoms with Crippen molar-refractivity contribution in [2.75, 3.05) is 0 Å². The zero-order valence-corrected chi connectivity index (χ0v) is 10.8. The van der Waals surface area contributed by atoms with E-state index in [1.165, 1.54) is 0 Å². The highest BCUT2D eigenvalue weighted by Gasteiger charge is 2.04. The molecule has 0 saturated carbocycles. The van der Waals surface area contributed by atoms with Crippen molar-refractivity contribution in [1.29, 1.82) is 0 Å². The number of nitrogens with zero attached hydrogens (tertiary/aromatic N) is 1. The van der Waals surface area contributed by atoms with Crippen LogP contribution >= 0.6 is 23.2 Å². The second kappa shape index (κ2) is 5.39. The molecule has 1 aromatic carbocycles. The summed E-state index contributed by atoms with van der Waals surface area (Å²) in [7, 11) is 0. The first-order valence-electron chi connectivity index (χ1n) is 5.15. The summed E-state index contributed by atoms with van der Waals surface area (Å²) in [5, 5.41) is 0.572. The van der Waals surface area contributed by atoms with E-state index in [0.29, 0.717) is 22.5 Å². The number of pyridine rings is 1. The summed E-state index contributed by atoms with van der Waals surface area (Å²) in [5.41, 5.74) is 1.86. The lowest BCUT2D eigenvalue weighted by Crippen LogP contribution is -1.91. The van der Waals surface area contributed by atoms with Crippen molar-refractivity contribution in [3.63, 3.8) is 0 Å². The molecule has 0 aliphatic carbocycles. The smallest absolute Gasteiger partial charge is 0.219 e. The molecule has 0 spiro atoms. The zero-order valence-electron chi connectivity index (χ0n) is 9.28. The molecule has 17 heavy (non-hydrogen) atoms. The summed E-state index contributed by atoms with van der Waals surface area (Å²) in [5.74, 6) is 1.45. The summed E-state index contributed by atoms with van der Waals surface area (Å²) in [6.45, 7) is 1.97. The molecule has 0 fully saturated rings. The fraction of sp³-hybridized carbons (Fsp3) is 0.154. The molecular formula is C13H11Cl2NO. The van der Waals surface area contributed by atoms with E-state index in [2.05, 4.69) is 4.98 Å². The number of aryl methyl sites for hydroxylation is 1. The summed E-state index contributed by atoms with van der Waals surface area (Å²) >= 11 is 11.8. The minimum Gasteiger partial charge on any atom is -0.437 e. The minimum atomic E-state index is 0.360. The molecular weight excluding hydrogens is 257 g/mol. The van der Waals surface area contributed by atoms with Gasteiger partial charge in [0.25, 0.3) is 0 Å². The highest BCUT2D eigenvalue weighted by molar-refractivity contribution is 6.32. The third-order valence-corrected chi connectivity index (χ3v) is 2.79. The van der Waals surface area contributed by atoms with Crippen molar-refractivity contribution in [3.05, 3.63) is 52.7 Å². The summed E-state index contributed by atoms with van der Waals surface area (Å²) in [4.78, 5) is 4.24. The van der Waals surface area contributed by atoms with E-state index < -0.39 is 0 Å². The normalized spacial score (nSPS) is 10.3. The maximum Gasteiger partial charge on any atom is 0.219 e. The zero-order chi connectivity index (χ0) is 12.3. The van der Waals surface area contributed by atoms with Crippen LogP contribution in [-0.4, -0.2) is 4.98 Å². The first kappa shape index (κ1) is 12.2. The fourth-order valence-electron chi connectivity index (χ4n) is 1.39. The molecule has 2 nitrogen and oxygen atoms in total. The van der Waals surface area contributed by atoms with Crippen LogP contribution < -0.4 is 4.74 Å². The molecule has 4 heteroatoms. The average molecular weight is 268 g/mol. The summed E-state index contributed by atoms with van der Waals surface area (Å²) in [6, 6.07) is 11.1. The van der Waals surface area contributed by atoms with Crippen LogP contribution in [0.4, 0.5) is 0 Å². The van der Waals surface area contributed by atoms with Crippen LogP contribution in [0.15, 0.2) is 36.4 Å². The number of hydrogen-bond donors (Lipinski definition) is 0. The number of benzene rings is 1. The van der Waals surface area contributed by atoms with E-state index in [1.54, 1.807) is 6.07 Å². The monoisotopic (exact) mass is 267 g/mol. The number of alkyl halides is 1. The van der Waals surface area contributed by atoms with Crippen molar-refractivity contribution in [3.8, 4) is 11.6 Å². The molecule has 2 rings (SSSR count). The second-order valence-electron chi connectivity index (χ2n) is 3.64. The fourth-order valence-corrected chi connectivity index (χ4v) is 1.81. The first-order valence-corrected chi connectivity index (χ1v) is 6.06. The maximum absolute atomic E-state index is 6.07. The highest BCUT2D eigenvalue weighted by atomic mass is 35.5. The van der Waals surface area contributed by atoms with Crippen molar-refractivity contribution in [2.24, 2.45) is 0 Å². The molecule has 0 aliphatic heterocycles. The molecule has 0 N–H and O–H groups in total. The van der Waals surface area contributed by atoms with Gasteiger partial charge in [-0.3, -0.25) is 0 Å². The van der Waals surface area contributed by atoms with Gasteiger partial charge in [-0.1, -0.05) is 23.7 Å². The Kier molecular flexibility index (Phi) is 3.87. The standard InChI is InChI=1S/C13H11Cl2NO/c1-9-5-6-12(11(15)7-9)17-13-4-2-3-10(8-14)16-13/h2-7H,8H2,1H3. The molecule has 0 amide bonds. The van der Waals surface area contributed by atoms with Crippen molar-refractivity contribution < 1.29 is 4.74 Å². The molecule has 0 atom stereocenters. The maximum atomic E-state index is 6.07. The lowest BCUT2D eigenvalue weighted by atomic mass is 10.2. The van der Waals surface area contributed by atoms with Crippen LogP contribution in [0.5, 0.6) is 11.6 Å². The number of rotatable bonds is 3. The van der Waals surface area contributed by atoms with Crippen molar-refractivity contribution in [2.45, 2.75) is 12.8 Å². The quantitative estimate of drug-likeness (QED) is 0.760. The number of aromatic nitrogens is 1. The molecule has 0 aliphatic rings. The molecule has 0 radical (unpaired) electrons.